The Bertz CT molecular complexity index is 912. The normalized spacial score (nSPS) is 12.3. The Morgan fingerprint density at radius 1 is 0.500 bits per heavy atom. The van der Waals surface area contributed by atoms with Crippen molar-refractivity contribution in [2.24, 2.45) is 0 Å². The summed E-state index contributed by atoms with van der Waals surface area (Å²) in [5.41, 5.74) is 0. The molecule has 1 unspecified atom stereocenters. The quantitative estimate of drug-likeness (QED) is 0.0358. The van der Waals surface area contributed by atoms with Gasteiger partial charge in [0.15, 0.2) is 0 Å². The zero-order chi connectivity index (χ0) is 38.5. The van der Waals surface area contributed by atoms with E-state index >= 15 is 0 Å². The van der Waals surface area contributed by atoms with E-state index in [1.54, 1.807) is 0 Å². The summed E-state index contributed by atoms with van der Waals surface area (Å²) in [7, 11) is 0. The average Bonchev–Trinajstić information content (AvgIpc) is 3.10. The molecular weight excluding hydrogens is 660 g/mol. The zero-order valence-electron chi connectivity index (χ0n) is 33.3. The fourth-order valence-corrected chi connectivity index (χ4v) is 6.51. The van der Waals surface area contributed by atoms with Gasteiger partial charge in [-0.1, -0.05) is 168 Å². The number of ether oxygens (including phenoxy) is 1. The number of esters is 1. The number of carbonyl (C=O) groups is 5. The average molecular weight is 739 g/mol. The van der Waals surface area contributed by atoms with Crippen LogP contribution in [0.1, 0.15) is 219 Å². The number of hydrogen-bond acceptors (Lipinski definition) is 6. The molecule has 2 atom stereocenters. The van der Waals surface area contributed by atoms with Crippen molar-refractivity contribution in [3.8, 4) is 0 Å². The van der Waals surface area contributed by atoms with Gasteiger partial charge in [0.1, 0.15) is 12.1 Å². The standard InChI is InChI=1S/C42H78N2O8/c1-3-5-7-9-11-13-15-17-19-21-23-25-27-29-36(35-39(46)43-34-33-38(45)44-37(42(50)51)31-32-40(47)48)52-41(49)30-28-26-24-22-20-18-16-14-12-10-8-6-4-2/h36-37H,3-35H2,1-2H3,(H,43,46)(H,44,45)(H,47,48)(H,50,51)/t36?,37-/m0/s1. The molecular formula is C42H78N2O8. The second kappa shape index (κ2) is 36.7. The van der Waals surface area contributed by atoms with E-state index in [9.17, 15) is 29.1 Å². The Labute approximate surface area is 316 Å². The van der Waals surface area contributed by atoms with Crippen molar-refractivity contribution in [1.82, 2.24) is 10.6 Å². The van der Waals surface area contributed by atoms with Crippen molar-refractivity contribution in [2.75, 3.05) is 6.54 Å². The molecule has 10 heteroatoms. The molecule has 0 aromatic heterocycles. The molecule has 0 saturated heterocycles. The fraction of sp³-hybridized carbons (Fsp3) is 0.881. The zero-order valence-corrected chi connectivity index (χ0v) is 33.3. The topological polar surface area (TPSA) is 159 Å². The predicted molar refractivity (Wildman–Crippen MR) is 209 cm³/mol. The molecule has 0 rings (SSSR count). The molecule has 0 bridgehead atoms. The molecule has 52 heavy (non-hydrogen) atoms. The third-order valence-electron chi connectivity index (χ3n) is 9.78. The van der Waals surface area contributed by atoms with Crippen LogP contribution in [0.15, 0.2) is 0 Å². The van der Waals surface area contributed by atoms with Crippen LogP contribution in [0.5, 0.6) is 0 Å². The van der Waals surface area contributed by atoms with Gasteiger partial charge in [-0.3, -0.25) is 19.2 Å². The molecule has 0 fully saturated rings. The molecule has 0 aliphatic carbocycles. The molecule has 4 N–H and O–H groups in total. The third kappa shape index (κ3) is 34.4. The summed E-state index contributed by atoms with van der Waals surface area (Å²) in [5, 5.41) is 23.0. The van der Waals surface area contributed by atoms with E-state index in [2.05, 4.69) is 24.5 Å². The maximum atomic E-state index is 12.8. The molecule has 0 aromatic carbocycles. The second-order valence-electron chi connectivity index (χ2n) is 14.8. The van der Waals surface area contributed by atoms with Crippen LogP contribution in [0.4, 0.5) is 0 Å². The van der Waals surface area contributed by atoms with Crippen LogP contribution < -0.4 is 10.6 Å². The molecule has 304 valence electrons. The number of rotatable bonds is 39. The first-order valence-electron chi connectivity index (χ1n) is 21.4. The molecule has 0 aliphatic heterocycles. The van der Waals surface area contributed by atoms with E-state index < -0.39 is 30.0 Å². The number of carboxylic acids is 2. The lowest BCUT2D eigenvalue weighted by Crippen LogP contribution is -2.42. The smallest absolute Gasteiger partial charge is 0.326 e. The molecule has 0 spiro atoms. The van der Waals surface area contributed by atoms with Crippen molar-refractivity contribution in [3.05, 3.63) is 0 Å². The summed E-state index contributed by atoms with van der Waals surface area (Å²) in [5.74, 6) is -3.65. The van der Waals surface area contributed by atoms with Crippen LogP contribution in [0, 0.1) is 0 Å². The van der Waals surface area contributed by atoms with Gasteiger partial charge < -0.3 is 25.6 Å². The molecule has 2 amide bonds. The highest BCUT2D eigenvalue weighted by atomic mass is 16.5. The highest BCUT2D eigenvalue weighted by molar-refractivity contribution is 5.84. The van der Waals surface area contributed by atoms with Gasteiger partial charge in [-0.05, 0) is 25.7 Å². The molecule has 0 aliphatic rings. The van der Waals surface area contributed by atoms with Gasteiger partial charge >= 0.3 is 17.9 Å². The van der Waals surface area contributed by atoms with Crippen LogP contribution in [0.3, 0.4) is 0 Å². The lowest BCUT2D eigenvalue weighted by molar-refractivity contribution is -0.151. The number of aliphatic carboxylic acids is 2. The van der Waals surface area contributed by atoms with Crippen molar-refractivity contribution < 1.29 is 38.9 Å². The monoisotopic (exact) mass is 739 g/mol. The van der Waals surface area contributed by atoms with Gasteiger partial charge in [0.2, 0.25) is 11.8 Å². The second-order valence-corrected chi connectivity index (χ2v) is 14.8. The molecule has 0 heterocycles. The number of unbranched alkanes of at least 4 members (excludes halogenated alkanes) is 24. The minimum absolute atomic E-state index is 0.00565. The maximum Gasteiger partial charge on any atom is 0.326 e. The van der Waals surface area contributed by atoms with Crippen LogP contribution >= 0.6 is 0 Å². The van der Waals surface area contributed by atoms with E-state index in [0.717, 1.165) is 38.5 Å². The van der Waals surface area contributed by atoms with Gasteiger partial charge in [0.25, 0.3) is 0 Å². The first kappa shape index (κ1) is 49.4. The van der Waals surface area contributed by atoms with E-state index in [0.29, 0.717) is 12.8 Å². The van der Waals surface area contributed by atoms with Gasteiger partial charge in [0.05, 0.1) is 6.42 Å². The van der Waals surface area contributed by atoms with Crippen LogP contribution in [-0.2, 0) is 28.7 Å². The minimum atomic E-state index is -1.31. The minimum Gasteiger partial charge on any atom is -0.481 e. The van der Waals surface area contributed by atoms with E-state index in [1.165, 1.54) is 128 Å². The molecule has 0 saturated carbocycles. The Balaban J connectivity index is 4.50. The van der Waals surface area contributed by atoms with Crippen molar-refractivity contribution in [2.45, 2.75) is 231 Å². The molecule has 10 nitrogen and oxygen atoms in total. The summed E-state index contributed by atoms with van der Waals surface area (Å²) in [6, 6.07) is -1.31. The SMILES string of the molecule is CCCCCCCCCCCCCCCC(=O)OC(CCCCCCCCCCCCCCC)CC(=O)NCCC(=O)N[C@@H](CCC(=O)O)C(=O)O. The van der Waals surface area contributed by atoms with Crippen molar-refractivity contribution >= 4 is 29.7 Å². The first-order chi connectivity index (χ1) is 25.2. The number of nitrogens with one attached hydrogen (secondary N) is 2. The first-order valence-corrected chi connectivity index (χ1v) is 21.4. The van der Waals surface area contributed by atoms with Gasteiger partial charge in [-0.25, -0.2) is 4.79 Å². The highest BCUT2D eigenvalue weighted by Gasteiger charge is 2.22. The Hall–Kier alpha value is -2.65. The van der Waals surface area contributed by atoms with E-state index in [4.69, 9.17) is 9.84 Å². The summed E-state index contributed by atoms with van der Waals surface area (Å²) in [6.45, 7) is 4.49. The van der Waals surface area contributed by atoms with Crippen LogP contribution in [-0.4, -0.2) is 58.6 Å². The maximum absolute atomic E-state index is 12.8. The summed E-state index contributed by atoms with van der Waals surface area (Å²) < 4.78 is 5.80. The Kier molecular flexibility index (Phi) is 34.8. The number of carbonyl (C=O) groups excluding carboxylic acids is 3. The molecule has 0 radical (unpaired) electrons. The summed E-state index contributed by atoms with van der Waals surface area (Å²) >= 11 is 0. The lowest BCUT2D eigenvalue weighted by Gasteiger charge is -2.18. The largest absolute Gasteiger partial charge is 0.481 e. The Morgan fingerprint density at radius 2 is 0.923 bits per heavy atom. The van der Waals surface area contributed by atoms with Crippen LogP contribution in [0.25, 0.3) is 0 Å². The lowest BCUT2D eigenvalue weighted by atomic mass is 10.0. The van der Waals surface area contributed by atoms with Crippen molar-refractivity contribution in [3.63, 3.8) is 0 Å². The fourth-order valence-electron chi connectivity index (χ4n) is 6.51. The number of hydrogen-bond donors (Lipinski definition) is 4. The van der Waals surface area contributed by atoms with E-state index in [-0.39, 0.29) is 44.1 Å². The third-order valence-corrected chi connectivity index (χ3v) is 9.78. The van der Waals surface area contributed by atoms with E-state index in [1.807, 2.05) is 0 Å². The summed E-state index contributed by atoms with van der Waals surface area (Å²) in [4.78, 5) is 59.8. The predicted octanol–water partition coefficient (Wildman–Crippen LogP) is 10.2. The number of amides is 2. The van der Waals surface area contributed by atoms with Gasteiger partial charge in [-0.2, -0.15) is 0 Å². The van der Waals surface area contributed by atoms with Crippen molar-refractivity contribution in [1.29, 1.82) is 0 Å². The summed E-state index contributed by atoms with van der Waals surface area (Å²) in [6.07, 6.45) is 31.8. The van der Waals surface area contributed by atoms with Gasteiger partial charge in [0, 0.05) is 25.8 Å². The van der Waals surface area contributed by atoms with Crippen LogP contribution in [0.2, 0.25) is 0 Å². The number of carboxylic acid groups (broad SMARTS) is 2. The Morgan fingerprint density at radius 3 is 1.35 bits per heavy atom. The highest BCUT2D eigenvalue weighted by Crippen LogP contribution is 2.17. The molecule has 0 aromatic rings. The van der Waals surface area contributed by atoms with Gasteiger partial charge in [-0.15, -0.1) is 0 Å².